The third-order valence-corrected chi connectivity index (χ3v) is 4.58. The van der Waals surface area contributed by atoms with Crippen LogP contribution in [0.2, 0.25) is 0 Å². The second-order valence-corrected chi connectivity index (χ2v) is 6.34. The predicted molar refractivity (Wildman–Crippen MR) is 87.2 cm³/mol. The maximum atomic E-state index is 6.43. The van der Waals surface area contributed by atoms with Gasteiger partial charge in [0.05, 0.1) is 0 Å². The molecule has 3 rings (SSSR count). The molecule has 2 nitrogen and oxygen atoms in total. The molecule has 0 saturated carbocycles. The lowest BCUT2D eigenvalue weighted by Crippen LogP contribution is -2.39. The van der Waals surface area contributed by atoms with E-state index in [1.807, 2.05) is 0 Å². The molecule has 1 aliphatic heterocycles. The fraction of sp³-hybridized carbons (Fsp3) is 0.474. The van der Waals surface area contributed by atoms with E-state index in [9.17, 15) is 0 Å². The van der Waals surface area contributed by atoms with Gasteiger partial charge in [-0.1, -0.05) is 48.6 Å². The van der Waals surface area contributed by atoms with Crippen LogP contribution in [-0.2, 0) is 10.3 Å². The molecule has 112 valence electrons. The van der Waals surface area contributed by atoms with Crippen molar-refractivity contribution in [2.24, 2.45) is 5.92 Å². The average molecular weight is 283 g/mol. The van der Waals surface area contributed by atoms with Gasteiger partial charge in [0.2, 0.25) is 0 Å². The molecular weight excluding hydrogens is 258 g/mol. The first-order valence-electron chi connectivity index (χ1n) is 7.95. The standard InChI is InChI=1S/C19H25NO/c1-20(2)15-18-13-14-21-19(18,16-9-5-3-6-10-16)17-11-7-4-8-12-17/h3,5-7,9-12,18H,4,8,13-15H2,1-2H3. The van der Waals surface area contributed by atoms with Crippen LogP contribution in [0.5, 0.6) is 0 Å². The lowest BCUT2D eigenvalue weighted by atomic mass is 9.74. The molecule has 2 unspecified atom stereocenters. The lowest BCUT2D eigenvalue weighted by molar-refractivity contribution is 0.00329. The van der Waals surface area contributed by atoms with Crippen LogP contribution in [0.15, 0.2) is 54.1 Å². The van der Waals surface area contributed by atoms with Crippen molar-refractivity contribution in [3.05, 3.63) is 59.7 Å². The Morgan fingerprint density at radius 1 is 1.19 bits per heavy atom. The molecule has 21 heavy (non-hydrogen) atoms. The third kappa shape index (κ3) is 2.70. The van der Waals surface area contributed by atoms with E-state index in [-0.39, 0.29) is 5.60 Å². The smallest absolute Gasteiger partial charge is 0.122 e. The zero-order chi connectivity index (χ0) is 14.7. The summed E-state index contributed by atoms with van der Waals surface area (Å²) in [7, 11) is 4.30. The van der Waals surface area contributed by atoms with E-state index in [2.05, 4.69) is 67.6 Å². The summed E-state index contributed by atoms with van der Waals surface area (Å²) >= 11 is 0. The fourth-order valence-corrected chi connectivity index (χ4v) is 3.72. The highest BCUT2D eigenvalue weighted by Crippen LogP contribution is 2.48. The van der Waals surface area contributed by atoms with Gasteiger partial charge in [0.25, 0.3) is 0 Å². The minimum absolute atomic E-state index is 0.261. The number of hydrogen-bond acceptors (Lipinski definition) is 2. The Morgan fingerprint density at radius 3 is 2.67 bits per heavy atom. The summed E-state index contributed by atoms with van der Waals surface area (Å²) in [4.78, 5) is 2.28. The normalized spacial score (nSPS) is 28.9. The van der Waals surface area contributed by atoms with E-state index in [0.717, 1.165) is 32.4 Å². The van der Waals surface area contributed by atoms with Gasteiger partial charge in [-0.15, -0.1) is 0 Å². The van der Waals surface area contributed by atoms with Gasteiger partial charge in [0, 0.05) is 19.1 Å². The van der Waals surface area contributed by atoms with E-state index < -0.39 is 0 Å². The second kappa shape index (κ2) is 6.17. The van der Waals surface area contributed by atoms with Gasteiger partial charge in [0.1, 0.15) is 5.60 Å². The van der Waals surface area contributed by atoms with E-state index in [1.54, 1.807) is 0 Å². The Morgan fingerprint density at radius 2 is 2.00 bits per heavy atom. The highest BCUT2D eigenvalue weighted by atomic mass is 16.5. The number of allylic oxidation sites excluding steroid dienone is 2. The predicted octanol–water partition coefficient (Wildman–Crippen LogP) is 3.76. The molecule has 1 heterocycles. The van der Waals surface area contributed by atoms with Crippen LogP contribution in [0.4, 0.5) is 0 Å². The molecule has 2 atom stereocenters. The molecule has 1 fully saturated rings. The maximum absolute atomic E-state index is 6.43. The molecule has 0 radical (unpaired) electrons. The zero-order valence-electron chi connectivity index (χ0n) is 13.1. The SMILES string of the molecule is CN(C)CC1CCOC1(C1=CCCC=C1)c1ccccc1. The maximum Gasteiger partial charge on any atom is 0.122 e. The summed E-state index contributed by atoms with van der Waals surface area (Å²) in [6, 6.07) is 10.8. The Kier molecular flexibility index (Phi) is 4.27. The zero-order valence-corrected chi connectivity index (χ0v) is 13.1. The largest absolute Gasteiger partial charge is 0.365 e. The molecule has 0 spiro atoms. The number of benzene rings is 1. The number of ether oxygens (including phenoxy) is 1. The second-order valence-electron chi connectivity index (χ2n) is 6.34. The Hall–Kier alpha value is -1.38. The van der Waals surface area contributed by atoms with Crippen LogP contribution >= 0.6 is 0 Å². The molecule has 2 heteroatoms. The van der Waals surface area contributed by atoms with Crippen LogP contribution in [-0.4, -0.2) is 32.1 Å². The molecular formula is C19H25NO. The van der Waals surface area contributed by atoms with Crippen molar-refractivity contribution in [3.63, 3.8) is 0 Å². The molecule has 0 N–H and O–H groups in total. The van der Waals surface area contributed by atoms with Crippen LogP contribution in [0.25, 0.3) is 0 Å². The molecule has 0 amide bonds. The van der Waals surface area contributed by atoms with E-state index in [1.165, 1.54) is 11.1 Å². The van der Waals surface area contributed by atoms with Gasteiger partial charge < -0.3 is 9.64 Å². The Labute approximate surface area is 128 Å². The van der Waals surface area contributed by atoms with Crippen molar-refractivity contribution in [2.45, 2.75) is 24.9 Å². The molecule has 1 saturated heterocycles. The monoisotopic (exact) mass is 283 g/mol. The molecule has 0 aromatic heterocycles. The van der Waals surface area contributed by atoms with E-state index in [0.29, 0.717) is 5.92 Å². The average Bonchev–Trinajstić information content (AvgIpc) is 2.93. The quantitative estimate of drug-likeness (QED) is 0.834. The van der Waals surface area contributed by atoms with Gasteiger partial charge >= 0.3 is 0 Å². The first kappa shape index (κ1) is 14.6. The summed E-state index contributed by atoms with van der Waals surface area (Å²) in [6.45, 7) is 1.90. The summed E-state index contributed by atoms with van der Waals surface area (Å²) in [5.41, 5.74) is 2.39. The number of hydrogen-bond donors (Lipinski definition) is 0. The Bertz CT molecular complexity index is 532. The summed E-state index contributed by atoms with van der Waals surface area (Å²) < 4.78 is 6.43. The highest BCUT2D eigenvalue weighted by molar-refractivity contribution is 5.42. The van der Waals surface area contributed by atoms with E-state index in [4.69, 9.17) is 4.74 Å². The summed E-state index contributed by atoms with van der Waals surface area (Å²) in [5.74, 6) is 0.504. The Balaban J connectivity index is 2.06. The van der Waals surface area contributed by atoms with Crippen molar-refractivity contribution < 1.29 is 4.74 Å². The van der Waals surface area contributed by atoms with Crippen LogP contribution in [0.3, 0.4) is 0 Å². The topological polar surface area (TPSA) is 12.5 Å². The van der Waals surface area contributed by atoms with Crippen molar-refractivity contribution in [1.82, 2.24) is 4.90 Å². The van der Waals surface area contributed by atoms with Gasteiger partial charge in [-0.3, -0.25) is 0 Å². The minimum Gasteiger partial charge on any atom is -0.365 e. The van der Waals surface area contributed by atoms with Gasteiger partial charge in [0.15, 0.2) is 0 Å². The first-order chi connectivity index (χ1) is 10.2. The van der Waals surface area contributed by atoms with Crippen LogP contribution in [0.1, 0.15) is 24.8 Å². The van der Waals surface area contributed by atoms with Gasteiger partial charge in [-0.05, 0) is 44.5 Å². The summed E-state index contributed by atoms with van der Waals surface area (Å²) in [6.07, 6.45) is 10.3. The van der Waals surface area contributed by atoms with Gasteiger partial charge in [-0.25, -0.2) is 0 Å². The van der Waals surface area contributed by atoms with Crippen molar-refractivity contribution in [3.8, 4) is 0 Å². The van der Waals surface area contributed by atoms with Crippen molar-refractivity contribution >= 4 is 0 Å². The number of nitrogens with zero attached hydrogens (tertiary/aromatic N) is 1. The third-order valence-electron chi connectivity index (χ3n) is 4.58. The fourth-order valence-electron chi connectivity index (χ4n) is 3.72. The molecule has 1 aliphatic carbocycles. The first-order valence-corrected chi connectivity index (χ1v) is 7.95. The molecule has 0 bridgehead atoms. The van der Waals surface area contributed by atoms with Crippen LogP contribution in [0, 0.1) is 5.92 Å². The lowest BCUT2D eigenvalue weighted by Gasteiger charge is -2.38. The molecule has 1 aromatic rings. The van der Waals surface area contributed by atoms with Crippen molar-refractivity contribution in [2.75, 3.05) is 27.2 Å². The number of rotatable bonds is 4. The van der Waals surface area contributed by atoms with E-state index >= 15 is 0 Å². The summed E-state index contributed by atoms with van der Waals surface area (Å²) in [5, 5.41) is 0. The molecule has 1 aromatic carbocycles. The van der Waals surface area contributed by atoms with Gasteiger partial charge in [-0.2, -0.15) is 0 Å². The minimum atomic E-state index is -0.261. The van der Waals surface area contributed by atoms with Crippen molar-refractivity contribution in [1.29, 1.82) is 0 Å². The molecule has 2 aliphatic rings. The highest BCUT2D eigenvalue weighted by Gasteiger charge is 2.47. The van der Waals surface area contributed by atoms with Crippen LogP contribution < -0.4 is 0 Å².